The third kappa shape index (κ3) is 4.08. The third-order valence-corrected chi connectivity index (χ3v) is 5.11. The van der Waals surface area contributed by atoms with Crippen molar-refractivity contribution in [3.8, 4) is 0 Å². The molecule has 2 aliphatic rings. The molecule has 146 valence electrons. The van der Waals surface area contributed by atoms with Crippen molar-refractivity contribution in [3.05, 3.63) is 34.6 Å². The Morgan fingerprint density at radius 2 is 2.04 bits per heavy atom. The van der Waals surface area contributed by atoms with E-state index in [1.54, 1.807) is 9.80 Å². The zero-order valence-electron chi connectivity index (χ0n) is 15.5. The topological polar surface area (TPSA) is 60.9 Å². The number of benzene rings is 1. The highest BCUT2D eigenvalue weighted by molar-refractivity contribution is 6.31. The molecular formula is C19H23ClFN3O3. The Labute approximate surface area is 162 Å². The minimum absolute atomic E-state index is 0.0595. The molecule has 2 fully saturated rings. The van der Waals surface area contributed by atoms with Gasteiger partial charge in [-0.2, -0.15) is 0 Å². The van der Waals surface area contributed by atoms with E-state index >= 15 is 0 Å². The Balaban J connectivity index is 1.84. The van der Waals surface area contributed by atoms with Crippen molar-refractivity contribution in [2.24, 2.45) is 5.92 Å². The molecule has 0 aromatic heterocycles. The zero-order valence-corrected chi connectivity index (χ0v) is 16.2. The fourth-order valence-electron chi connectivity index (χ4n) is 3.65. The van der Waals surface area contributed by atoms with Crippen LogP contribution in [0.1, 0.15) is 30.6 Å². The first kappa shape index (κ1) is 19.6. The van der Waals surface area contributed by atoms with Gasteiger partial charge in [-0.25, -0.2) is 4.39 Å². The molecule has 0 aliphatic carbocycles. The lowest BCUT2D eigenvalue weighted by Crippen LogP contribution is -2.62. The van der Waals surface area contributed by atoms with Crippen LogP contribution in [0.25, 0.3) is 0 Å². The minimum Gasteiger partial charge on any atom is -0.336 e. The van der Waals surface area contributed by atoms with E-state index in [0.29, 0.717) is 26.1 Å². The van der Waals surface area contributed by atoms with Gasteiger partial charge in [-0.15, -0.1) is 0 Å². The van der Waals surface area contributed by atoms with Gasteiger partial charge in [0.25, 0.3) is 5.91 Å². The molecule has 27 heavy (non-hydrogen) atoms. The standard InChI is InChI=1S/C19H23ClFN3O3/c1-12(2)9-23-11-17(25)24-7-3-6-22(10-16(24)19(23)27)18(26)14-8-13(20)4-5-15(14)21/h4-5,8,12,16H,3,6-7,9-11H2,1-2H3. The number of fused-ring (bicyclic) bond motifs is 1. The Bertz CT molecular complexity index is 771. The number of hydrogen-bond acceptors (Lipinski definition) is 3. The number of piperazine rings is 1. The van der Waals surface area contributed by atoms with Crippen LogP contribution in [0, 0.1) is 11.7 Å². The van der Waals surface area contributed by atoms with E-state index in [0.717, 1.165) is 6.07 Å². The first-order valence-corrected chi connectivity index (χ1v) is 9.48. The van der Waals surface area contributed by atoms with Crippen LogP contribution in [0.15, 0.2) is 18.2 Å². The number of halogens is 2. The number of amides is 3. The minimum atomic E-state index is -0.723. The lowest BCUT2D eigenvalue weighted by Gasteiger charge is -2.40. The lowest BCUT2D eigenvalue weighted by molar-refractivity contribution is -0.156. The molecule has 0 N–H and O–H groups in total. The summed E-state index contributed by atoms with van der Waals surface area (Å²) in [6.07, 6.45) is 0.535. The van der Waals surface area contributed by atoms with E-state index in [1.165, 1.54) is 17.0 Å². The Kier molecular flexibility index (Phi) is 5.69. The van der Waals surface area contributed by atoms with E-state index in [2.05, 4.69) is 0 Å². The molecular weight excluding hydrogens is 373 g/mol. The van der Waals surface area contributed by atoms with Gasteiger partial charge in [0, 0.05) is 24.7 Å². The molecule has 2 saturated heterocycles. The van der Waals surface area contributed by atoms with Crippen molar-refractivity contribution in [1.29, 1.82) is 0 Å². The highest BCUT2D eigenvalue weighted by Gasteiger charge is 2.42. The third-order valence-electron chi connectivity index (χ3n) is 4.87. The normalized spacial score (nSPS) is 20.8. The second kappa shape index (κ2) is 7.84. The summed E-state index contributed by atoms with van der Waals surface area (Å²) in [6, 6.07) is 3.10. The fraction of sp³-hybridized carbons (Fsp3) is 0.526. The molecule has 0 radical (unpaired) electrons. The molecule has 3 rings (SSSR count). The molecule has 0 saturated carbocycles. The average Bonchev–Trinajstić information content (AvgIpc) is 2.84. The number of carbonyl (C=O) groups is 3. The van der Waals surface area contributed by atoms with E-state index in [1.807, 2.05) is 13.8 Å². The molecule has 8 heteroatoms. The maximum Gasteiger partial charge on any atom is 0.256 e. The Morgan fingerprint density at radius 3 is 2.74 bits per heavy atom. The predicted octanol–water partition coefficient (Wildman–Crippen LogP) is 2.02. The van der Waals surface area contributed by atoms with Crippen molar-refractivity contribution < 1.29 is 18.8 Å². The lowest BCUT2D eigenvalue weighted by atomic mass is 10.1. The van der Waals surface area contributed by atoms with Gasteiger partial charge in [0.15, 0.2) is 0 Å². The highest BCUT2D eigenvalue weighted by atomic mass is 35.5. The van der Waals surface area contributed by atoms with Gasteiger partial charge in [0.1, 0.15) is 11.9 Å². The zero-order chi connectivity index (χ0) is 19.7. The SMILES string of the molecule is CC(C)CN1CC(=O)N2CCCN(C(=O)c3cc(Cl)ccc3F)CC2C1=O. The first-order valence-electron chi connectivity index (χ1n) is 9.10. The van der Waals surface area contributed by atoms with Gasteiger partial charge in [-0.3, -0.25) is 14.4 Å². The molecule has 2 aliphatic heterocycles. The fourth-order valence-corrected chi connectivity index (χ4v) is 3.82. The van der Waals surface area contributed by atoms with E-state index in [4.69, 9.17) is 11.6 Å². The van der Waals surface area contributed by atoms with Crippen molar-refractivity contribution in [2.75, 3.05) is 32.7 Å². The molecule has 2 heterocycles. The summed E-state index contributed by atoms with van der Waals surface area (Å²) in [6.45, 7) is 5.35. The number of nitrogens with zero attached hydrogens (tertiary/aromatic N) is 3. The van der Waals surface area contributed by atoms with Crippen LogP contribution in [-0.4, -0.2) is 71.2 Å². The quantitative estimate of drug-likeness (QED) is 0.786. The molecule has 1 atom stereocenters. The number of hydrogen-bond donors (Lipinski definition) is 0. The summed E-state index contributed by atoms with van der Waals surface area (Å²) in [7, 11) is 0. The van der Waals surface area contributed by atoms with Crippen LogP contribution in [0.4, 0.5) is 4.39 Å². The summed E-state index contributed by atoms with van der Waals surface area (Å²) >= 11 is 5.90. The van der Waals surface area contributed by atoms with Gasteiger partial charge in [0.05, 0.1) is 18.7 Å². The predicted molar refractivity (Wildman–Crippen MR) is 98.8 cm³/mol. The monoisotopic (exact) mass is 395 g/mol. The van der Waals surface area contributed by atoms with Crippen molar-refractivity contribution in [2.45, 2.75) is 26.3 Å². The van der Waals surface area contributed by atoms with E-state index in [-0.39, 0.29) is 41.4 Å². The van der Waals surface area contributed by atoms with Crippen molar-refractivity contribution in [3.63, 3.8) is 0 Å². The summed E-state index contributed by atoms with van der Waals surface area (Å²) in [5.74, 6) is -1.20. The average molecular weight is 396 g/mol. The maximum absolute atomic E-state index is 14.1. The number of carbonyl (C=O) groups excluding carboxylic acids is 3. The van der Waals surface area contributed by atoms with Gasteiger partial charge in [-0.1, -0.05) is 25.4 Å². The first-order chi connectivity index (χ1) is 12.8. The molecule has 0 spiro atoms. The smallest absolute Gasteiger partial charge is 0.256 e. The van der Waals surface area contributed by atoms with Crippen molar-refractivity contribution >= 4 is 29.3 Å². The van der Waals surface area contributed by atoms with Crippen LogP contribution in [0.3, 0.4) is 0 Å². The van der Waals surface area contributed by atoms with Crippen molar-refractivity contribution in [1.82, 2.24) is 14.7 Å². The van der Waals surface area contributed by atoms with Crippen LogP contribution in [0.2, 0.25) is 5.02 Å². The van der Waals surface area contributed by atoms with Crippen LogP contribution < -0.4 is 0 Å². The van der Waals surface area contributed by atoms with Gasteiger partial charge in [0.2, 0.25) is 11.8 Å². The van der Waals surface area contributed by atoms with Gasteiger partial charge in [-0.05, 0) is 30.5 Å². The molecule has 6 nitrogen and oxygen atoms in total. The molecule has 0 bridgehead atoms. The maximum atomic E-state index is 14.1. The van der Waals surface area contributed by atoms with Gasteiger partial charge < -0.3 is 14.7 Å². The van der Waals surface area contributed by atoms with Crippen LogP contribution >= 0.6 is 11.6 Å². The van der Waals surface area contributed by atoms with Crippen LogP contribution in [-0.2, 0) is 9.59 Å². The largest absolute Gasteiger partial charge is 0.336 e. The molecule has 1 aromatic rings. The highest BCUT2D eigenvalue weighted by Crippen LogP contribution is 2.22. The summed E-state index contributed by atoms with van der Waals surface area (Å²) in [5.41, 5.74) is -0.121. The second-order valence-electron chi connectivity index (χ2n) is 7.44. The summed E-state index contributed by atoms with van der Waals surface area (Å²) in [5, 5.41) is 0.267. The van der Waals surface area contributed by atoms with Crippen LogP contribution in [0.5, 0.6) is 0 Å². The number of rotatable bonds is 3. The second-order valence-corrected chi connectivity index (χ2v) is 7.88. The summed E-state index contributed by atoms with van der Waals surface area (Å²) in [4.78, 5) is 42.8. The van der Waals surface area contributed by atoms with Gasteiger partial charge >= 0.3 is 0 Å². The molecule has 1 unspecified atom stereocenters. The van der Waals surface area contributed by atoms with E-state index < -0.39 is 17.8 Å². The Hall–Kier alpha value is -2.15. The Morgan fingerprint density at radius 1 is 1.30 bits per heavy atom. The molecule has 3 amide bonds. The van der Waals surface area contributed by atoms with E-state index in [9.17, 15) is 18.8 Å². The molecule has 1 aromatic carbocycles. The summed E-state index contributed by atoms with van der Waals surface area (Å²) < 4.78 is 14.1.